The summed E-state index contributed by atoms with van der Waals surface area (Å²) in [6, 6.07) is 3.88. The predicted molar refractivity (Wildman–Crippen MR) is 97.4 cm³/mol. The molecule has 2 heterocycles. The molecule has 0 spiro atoms. The van der Waals surface area contributed by atoms with Crippen molar-refractivity contribution in [1.29, 1.82) is 0 Å². The summed E-state index contributed by atoms with van der Waals surface area (Å²) in [5.74, 6) is 0.866. The number of hydrogen-bond acceptors (Lipinski definition) is 3. The van der Waals surface area contributed by atoms with Gasteiger partial charge in [0.1, 0.15) is 5.82 Å². The number of rotatable bonds is 3. The molecule has 2 aromatic rings. The molecule has 0 atom stereocenters. The fourth-order valence-electron chi connectivity index (χ4n) is 1.64. The van der Waals surface area contributed by atoms with E-state index in [0.717, 1.165) is 22.6 Å². The van der Waals surface area contributed by atoms with Gasteiger partial charge in [0, 0.05) is 18.6 Å². The van der Waals surface area contributed by atoms with Crippen LogP contribution >= 0.6 is 13.5 Å². The number of nitrogens with zero attached hydrogens (tertiary/aromatic N) is 3. The van der Waals surface area contributed by atoms with Crippen molar-refractivity contribution in [3.63, 3.8) is 0 Å². The van der Waals surface area contributed by atoms with Gasteiger partial charge in [0.2, 0.25) is 0 Å². The first kappa shape index (κ1) is 19.0. The van der Waals surface area contributed by atoms with E-state index in [9.17, 15) is 0 Å². The monoisotopic (exact) mass is 304 g/mol. The van der Waals surface area contributed by atoms with Gasteiger partial charge in [-0.05, 0) is 37.1 Å². The summed E-state index contributed by atoms with van der Waals surface area (Å²) in [5.41, 5.74) is 9.28. The van der Waals surface area contributed by atoms with Gasteiger partial charge in [0.25, 0.3) is 0 Å². The molecule has 21 heavy (non-hydrogen) atoms. The lowest BCUT2D eigenvalue weighted by molar-refractivity contribution is 1.05. The van der Waals surface area contributed by atoms with Gasteiger partial charge >= 0.3 is 0 Å². The number of nitrogens with two attached hydrogens (primary N) is 1. The normalized spacial score (nSPS) is 9.71. The third-order valence-corrected chi connectivity index (χ3v) is 2.48. The summed E-state index contributed by atoms with van der Waals surface area (Å²) < 4.78 is 1.96. The van der Waals surface area contributed by atoms with Crippen molar-refractivity contribution in [3.05, 3.63) is 48.4 Å². The van der Waals surface area contributed by atoms with Gasteiger partial charge in [-0.15, -0.1) is 0 Å². The van der Waals surface area contributed by atoms with Crippen molar-refractivity contribution in [1.82, 2.24) is 9.55 Å². The zero-order valence-electron chi connectivity index (χ0n) is 13.1. The minimum Gasteiger partial charge on any atom is -0.397 e. The van der Waals surface area contributed by atoms with Gasteiger partial charge in [-0.1, -0.05) is 20.4 Å². The fraction of sp³-hybridized carbons (Fsp3) is 0.250. The van der Waals surface area contributed by atoms with Crippen LogP contribution in [0.15, 0.2) is 47.9 Å². The second-order valence-corrected chi connectivity index (χ2v) is 4.27. The van der Waals surface area contributed by atoms with Gasteiger partial charge in [-0.25, -0.2) is 4.99 Å². The van der Waals surface area contributed by atoms with Gasteiger partial charge in [-0.2, -0.15) is 13.5 Å². The topological polar surface area (TPSA) is 56.2 Å². The summed E-state index contributed by atoms with van der Waals surface area (Å²) >= 11 is 0. The van der Waals surface area contributed by atoms with Crippen LogP contribution in [0.4, 0.5) is 11.5 Å². The van der Waals surface area contributed by atoms with E-state index in [2.05, 4.69) is 16.6 Å². The van der Waals surface area contributed by atoms with Crippen molar-refractivity contribution in [2.75, 3.05) is 5.73 Å². The maximum absolute atomic E-state index is 5.75. The van der Waals surface area contributed by atoms with Crippen molar-refractivity contribution in [3.8, 4) is 5.69 Å². The Kier molecular flexibility index (Phi) is 8.16. The van der Waals surface area contributed by atoms with Crippen LogP contribution in [0, 0.1) is 6.92 Å². The number of nitrogen functional groups attached to an aromatic ring is 1. The van der Waals surface area contributed by atoms with E-state index in [1.165, 1.54) is 0 Å². The predicted octanol–water partition coefficient (Wildman–Crippen LogP) is 4.18. The minimum absolute atomic E-state index is 0. The Hall–Kier alpha value is -2.01. The number of aryl methyl sites for hydroxylation is 1. The van der Waals surface area contributed by atoms with E-state index in [4.69, 9.17) is 5.73 Å². The standard InChI is InChI=1S/C14H16N4.C2H6.H2S/c1-10(2)7-17-14-11(3)4-5-18(14)13-6-12(15)8-16-9-13;1-2;/h4-9H,1,15H2,2-3H3;1-2H3;1H2/b17-7-;;. The van der Waals surface area contributed by atoms with Gasteiger partial charge in [-0.3, -0.25) is 9.55 Å². The molecule has 0 radical (unpaired) electrons. The van der Waals surface area contributed by atoms with Gasteiger partial charge in [0.15, 0.2) is 0 Å². The van der Waals surface area contributed by atoms with Crippen molar-refractivity contribution in [2.45, 2.75) is 27.7 Å². The largest absolute Gasteiger partial charge is 0.397 e. The van der Waals surface area contributed by atoms with E-state index in [1.54, 1.807) is 18.6 Å². The molecular weight excluding hydrogens is 280 g/mol. The van der Waals surface area contributed by atoms with Crippen LogP contribution in [0.1, 0.15) is 26.3 Å². The van der Waals surface area contributed by atoms with Gasteiger partial charge in [0.05, 0.1) is 17.6 Å². The molecule has 2 rings (SSSR count). The number of allylic oxidation sites excluding steroid dienone is 1. The molecule has 0 unspecified atom stereocenters. The second-order valence-electron chi connectivity index (χ2n) is 4.27. The zero-order chi connectivity index (χ0) is 15.1. The summed E-state index contributed by atoms with van der Waals surface area (Å²) in [7, 11) is 0. The molecule has 0 aliphatic heterocycles. The maximum Gasteiger partial charge on any atom is 0.140 e. The highest BCUT2D eigenvalue weighted by Crippen LogP contribution is 2.24. The molecule has 0 aliphatic carbocycles. The first-order valence-electron chi connectivity index (χ1n) is 6.66. The number of hydrogen-bond donors (Lipinski definition) is 1. The highest BCUT2D eigenvalue weighted by atomic mass is 32.1. The summed E-state index contributed by atoms with van der Waals surface area (Å²) in [6.07, 6.45) is 7.09. The molecule has 0 saturated carbocycles. The van der Waals surface area contributed by atoms with Crippen LogP contribution in [0.25, 0.3) is 5.69 Å². The molecule has 0 fully saturated rings. The Morgan fingerprint density at radius 3 is 2.62 bits per heavy atom. The summed E-state index contributed by atoms with van der Waals surface area (Å²) in [4.78, 5) is 8.53. The van der Waals surface area contributed by atoms with Crippen LogP contribution in [0.3, 0.4) is 0 Å². The van der Waals surface area contributed by atoms with E-state index >= 15 is 0 Å². The Morgan fingerprint density at radius 2 is 2.05 bits per heavy atom. The Bertz CT molecular complexity index is 614. The summed E-state index contributed by atoms with van der Waals surface area (Å²) in [6.45, 7) is 11.7. The number of aliphatic imine (C=N–C) groups is 1. The minimum atomic E-state index is 0. The van der Waals surface area contributed by atoms with Crippen LogP contribution in [-0.2, 0) is 0 Å². The molecule has 2 aromatic heterocycles. The Labute approximate surface area is 133 Å². The molecule has 0 saturated heterocycles. The van der Waals surface area contributed by atoms with Crippen LogP contribution in [-0.4, -0.2) is 15.8 Å². The van der Waals surface area contributed by atoms with Crippen molar-refractivity contribution >= 4 is 31.2 Å². The third kappa shape index (κ3) is 5.11. The average molecular weight is 304 g/mol. The highest BCUT2D eigenvalue weighted by molar-refractivity contribution is 7.59. The number of anilines is 1. The quantitative estimate of drug-likeness (QED) is 0.865. The van der Waals surface area contributed by atoms with Crippen molar-refractivity contribution < 1.29 is 0 Å². The molecule has 2 N–H and O–H groups in total. The van der Waals surface area contributed by atoms with Crippen LogP contribution < -0.4 is 5.73 Å². The number of aromatic nitrogens is 2. The fourth-order valence-corrected chi connectivity index (χ4v) is 1.64. The van der Waals surface area contributed by atoms with Crippen LogP contribution in [0.5, 0.6) is 0 Å². The maximum atomic E-state index is 5.75. The Balaban J connectivity index is 0.00000128. The van der Waals surface area contributed by atoms with E-state index < -0.39 is 0 Å². The first-order valence-corrected chi connectivity index (χ1v) is 6.66. The Morgan fingerprint density at radius 1 is 1.38 bits per heavy atom. The second kappa shape index (κ2) is 9.02. The van der Waals surface area contributed by atoms with Crippen LogP contribution in [0.2, 0.25) is 0 Å². The number of pyridine rings is 1. The molecule has 0 bridgehead atoms. The molecule has 0 amide bonds. The lowest BCUT2D eigenvalue weighted by Gasteiger charge is -2.06. The molecule has 0 aliphatic rings. The lowest BCUT2D eigenvalue weighted by Crippen LogP contribution is -1.95. The SMILES string of the molecule is C=C(C)/C=N\c1c(C)ccn1-c1cncc(N)c1.CC.S. The van der Waals surface area contributed by atoms with E-state index in [1.807, 2.05) is 50.6 Å². The smallest absolute Gasteiger partial charge is 0.140 e. The molecular formula is C16H24N4S. The lowest BCUT2D eigenvalue weighted by atomic mass is 10.3. The zero-order valence-corrected chi connectivity index (χ0v) is 14.1. The highest BCUT2D eigenvalue weighted by Gasteiger charge is 2.06. The molecule has 0 aromatic carbocycles. The third-order valence-electron chi connectivity index (χ3n) is 2.48. The van der Waals surface area contributed by atoms with Gasteiger partial charge < -0.3 is 5.73 Å². The van der Waals surface area contributed by atoms with Crippen molar-refractivity contribution in [2.24, 2.45) is 4.99 Å². The van der Waals surface area contributed by atoms with E-state index in [0.29, 0.717) is 5.69 Å². The molecule has 5 heteroatoms. The first-order chi connectivity index (χ1) is 9.58. The summed E-state index contributed by atoms with van der Waals surface area (Å²) in [5, 5.41) is 0. The van der Waals surface area contributed by atoms with E-state index in [-0.39, 0.29) is 13.5 Å². The molecule has 114 valence electrons. The average Bonchev–Trinajstić information content (AvgIpc) is 2.80. The molecule has 4 nitrogen and oxygen atoms in total.